The number of benzene rings is 1. The molecule has 1 aliphatic rings. The van der Waals surface area contributed by atoms with E-state index in [1.165, 1.54) is 12.5 Å². The molecule has 20 heavy (non-hydrogen) atoms. The molecule has 1 aromatic rings. The van der Waals surface area contributed by atoms with Gasteiger partial charge in [0.05, 0.1) is 6.61 Å². The standard InChI is InChI=1S/C15H23NO4/c1-10-3-2-6-15(7-10,9-17)16-8-11-4-5-12(18)14(20)13(11)19/h4-5,10,16-20H,2-3,6-9H2,1H3. The lowest BCUT2D eigenvalue weighted by Crippen LogP contribution is -2.51. The van der Waals surface area contributed by atoms with E-state index in [4.69, 9.17) is 0 Å². The van der Waals surface area contributed by atoms with Crippen molar-refractivity contribution in [1.82, 2.24) is 5.32 Å². The van der Waals surface area contributed by atoms with Gasteiger partial charge < -0.3 is 25.7 Å². The molecule has 0 aliphatic heterocycles. The van der Waals surface area contributed by atoms with Crippen LogP contribution in [-0.2, 0) is 6.54 Å². The van der Waals surface area contributed by atoms with Crippen molar-refractivity contribution in [3.05, 3.63) is 17.7 Å². The monoisotopic (exact) mass is 281 g/mol. The highest BCUT2D eigenvalue weighted by Gasteiger charge is 2.34. The van der Waals surface area contributed by atoms with E-state index in [0.29, 0.717) is 18.0 Å². The average molecular weight is 281 g/mol. The third kappa shape index (κ3) is 2.99. The molecule has 5 N–H and O–H groups in total. The van der Waals surface area contributed by atoms with Crippen molar-refractivity contribution in [2.45, 2.75) is 44.7 Å². The van der Waals surface area contributed by atoms with Gasteiger partial charge >= 0.3 is 0 Å². The number of aromatic hydroxyl groups is 3. The molecule has 0 amide bonds. The SMILES string of the molecule is CC1CCCC(CO)(NCc2ccc(O)c(O)c2O)C1. The Morgan fingerprint density at radius 3 is 2.65 bits per heavy atom. The lowest BCUT2D eigenvalue weighted by Gasteiger charge is -2.39. The lowest BCUT2D eigenvalue weighted by atomic mass is 9.76. The summed E-state index contributed by atoms with van der Waals surface area (Å²) in [4.78, 5) is 0. The molecular weight excluding hydrogens is 258 g/mol. The summed E-state index contributed by atoms with van der Waals surface area (Å²) in [5.74, 6) is -0.589. The first kappa shape index (κ1) is 14.9. The molecule has 5 nitrogen and oxygen atoms in total. The van der Waals surface area contributed by atoms with E-state index in [0.717, 1.165) is 19.3 Å². The van der Waals surface area contributed by atoms with Gasteiger partial charge in [0, 0.05) is 17.6 Å². The van der Waals surface area contributed by atoms with E-state index in [2.05, 4.69) is 12.2 Å². The number of phenolic OH excluding ortho intramolecular Hbond substituents is 3. The maximum absolute atomic E-state index is 9.80. The number of phenols is 3. The quantitative estimate of drug-likeness (QED) is 0.543. The number of nitrogens with one attached hydrogen (secondary N) is 1. The summed E-state index contributed by atoms with van der Waals surface area (Å²) in [5.41, 5.74) is 0.184. The van der Waals surface area contributed by atoms with Crippen LogP contribution in [0.5, 0.6) is 17.2 Å². The minimum Gasteiger partial charge on any atom is -0.504 e. The summed E-state index contributed by atoms with van der Waals surface area (Å²) in [5, 5.41) is 41.6. The van der Waals surface area contributed by atoms with Gasteiger partial charge in [-0.2, -0.15) is 0 Å². The molecular formula is C15H23NO4. The highest BCUT2D eigenvalue weighted by atomic mass is 16.3. The second-order valence-electron chi connectivity index (χ2n) is 5.93. The van der Waals surface area contributed by atoms with Crippen LogP contribution in [0.4, 0.5) is 0 Å². The summed E-state index contributed by atoms with van der Waals surface area (Å²) in [6.45, 7) is 2.57. The van der Waals surface area contributed by atoms with E-state index >= 15 is 0 Å². The van der Waals surface area contributed by atoms with Gasteiger partial charge in [-0.15, -0.1) is 0 Å². The molecule has 2 atom stereocenters. The Balaban J connectivity index is 2.09. The number of aliphatic hydroxyl groups is 1. The van der Waals surface area contributed by atoms with Crippen molar-refractivity contribution in [1.29, 1.82) is 0 Å². The van der Waals surface area contributed by atoms with Gasteiger partial charge in [0.25, 0.3) is 0 Å². The number of hydrogen-bond donors (Lipinski definition) is 5. The predicted octanol–water partition coefficient (Wildman–Crippen LogP) is 1.83. The highest BCUT2D eigenvalue weighted by Crippen LogP contribution is 2.38. The predicted molar refractivity (Wildman–Crippen MR) is 75.7 cm³/mol. The van der Waals surface area contributed by atoms with Crippen molar-refractivity contribution in [3.8, 4) is 17.2 Å². The maximum Gasteiger partial charge on any atom is 0.200 e. The van der Waals surface area contributed by atoms with Crippen LogP contribution in [0.1, 0.15) is 38.2 Å². The molecule has 0 spiro atoms. The molecule has 1 fully saturated rings. The van der Waals surface area contributed by atoms with E-state index in [-0.39, 0.29) is 23.6 Å². The highest BCUT2D eigenvalue weighted by molar-refractivity contribution is 5.53. The van der Waals surface area contributed by atoms with Gasteiger partial charge in [-0.3, -0.25) is 0 Å². The summed E-state index contributed by atoms with van der Waals surface area (Å²) in [6.07, 6.45) is 4.04. The molecule has 0 radical (unpaired) electrons. The van der Waals surface area contributed by atoms with Gasteiger partial charge in [0.2, 0.25) is 5.75 Å². The second-order valence-corrected chi connectivity index (χ2v) is 5.93. The van der Waals surface area contributed by atoms with Crippen LogP contribution < -0.4 is 5.32 Å². The van der Waals surface area contributed by atoms with Crippen molar-refractivity contribution in [2.75, 3.05) is 6.61 Å². The Bertz CT molecular complexity index is 477. The van der Waals surface area contributed by atoms with Crippen molar-refractivity contribution in [3.63, 3.8) is 0 Å². The van der Waals surface area contributed by atoms with Crippen LogP contribution in [-0.4, -0.2) is 32.6 Å². The molecule has 1 saturated carbocycles. The molecule has 1 aromatic carbocycles. The average Bonchev–Trinajstić information content (AvgIpc) is 2.44. The second kappa shape index (κ2) is 5.89. The Kier molecular flexibility index (Phi) is 4.40. The van der Waals surface area contributed by atoms with Crippen LogP contribution in [0.3, 0.4) is 0 Å². The minimum absolute atomic E-state index is 0.0577. The fraction of sp³-hybridized carbons (Fsp3) is 0.600. The maximum atomic E-state index is 9.80. The molecule has 0 saturated heterocycles. The number of aliphatic hydroxyl groups excluding tert-OH is 1. The zero-order chi connectivity index (χ0) is 14.8. The minimum atomic E-state index is -0.501. The Morgan fingerprint density at radius 1 is 1.25 bits per heavy atom. The van der Waals surface area contributed by atoms with E-state index < -0.39 is 5.75 Å². The van der Waals surface area contributed by atoms with Gasteiger partial charge in [-0.1, -0.05) is 25.8 Å². The Morgan fingerprint density at radius 2 is 2.00 bits per heavy atom. The number of hydrogen-bond acceptors (Lipinski definition) is 5. The molecule has 0 bridgehead atoms. The summed E-state index contributed by atoms with van der Waals surface area (Å²) < 4.78 is 0. The zero-order valence-electron chi connectivity index (χ0n) is 11.8. The van der Waals surface area contributed by atoms with Gasteiger partial charge in [0.1, 0.15) is 0 Å². The van der Waals surface area contributed by atoms with Gasteiger partial charge in [0.15, 0.2) is 11.5 Å². The van der Waals surface area contributed by atoms with Crippen LogP contribution in [0, 0.1) is 5.92 Å². The number of rotatable bonds is 4. The first-order valence-corrected chi connectivity index (χ1v) is 7.06. The van der Waals surface area contributed by atoms with Gasteiger partial charge in [-0.25, -0.2) is 0 Å². The topological polar surface area (TPSA) is 93.0 Å². The van der Waals surface area contributed by atoms with Crippen LogP contribution in [0.25, 0.3) is 0 Å². The Hall–Kier alpha value is -1.46. The molecule has 5 heteroatoms. The summed E-state index contributed by atoms with van der Waals surface area (Å²) in [7, 11) is 0. The fourth-order valence-corrected chi connectivity index (χ4v) is 3.06. The molecule has 1 aliphatic carbocycles. The largest absolute Gasteiger partial charge is 0.504 e. The molecule has 0 aromatic heterocycles. The van der Waals surface area contributed by atoms with Crippen LogP contribution in [0.15, 0.2) is 12.1 Å². The van der Waals surface area contributed by atoms with Crippen molar-refractivity contribution < 1.29 is 20.4 Å². The third-order valence-corrected chi connectivity index (χ3v) is 4.26. The smallest absolute Gasteiger partial charge is 0.200 e. The van der Waals surface area contributed by atoms with E-state index in [9.17, 15) is 20.4 Å². The fourth-order valence-electron chi connectivity index (χ4n) is 3.06. The van der Waals surface area contributed by atoms with E-state index in [1.807, 2.05) is 0 Å². The molecule has 0 heterocycles. The molecule has 2 rings (SSSR count). The summed E-state index contributed by atoms with van der Waals surface area (Å²) >= 11 is 0. The first-order valence-electron chi connectivity index (χ1n) is 7.06. The molecule has 112 valence electrons. The normalized spacial score (nSPS) is 26.6. The zero-order valence-corrected chi connectivity index (χ0v) is 11.8. The molecule has 2 unspecified atom stereocenters. The first-order chi connectivity index (χ1) is 9.47. The van der Waals surface area contributed by atoms with Gasteiger partial charge in [-0.05, 0) is 24.8 Å². The van der Waals surface area contributed by atoms with Crippen LogP contribution >= 0.6 is 0 Å². The van der Waals surface area contributed by atoms with Crippen LogP contribution in [0.2, 0.25) is 0 Å². The van der Waals surface area contributed by atoms with E-state index in [1.54, 1.807) is 6.07 Å². The lowest BCUT2D eigenvalue weighted by molar-refractivity contribution is 0.0980. The summed E-state index contributed by atoms with van der Waals surface area (Å²) in [6, 6.07) is 2.91. The van der Waals surface area contributed by atoms with Crippen molar-refractivity contribution >= 4 is 0 Å². The van der Waals surface area contributed by atoms with Crippen molar-refractivity contribution in [2.24, 2.45) is 5.92 Å². The Labute approximate surface area is 118 Å². The third-order valence-electron chi connectivity index (χ3n) is 4.26.